The first-order valence-electron chi connectivity index (χ1n) is 7.79. The molecule has 0 N–H and O–H groups in total. The van der Waals surface area contributed by atoms with E-state index in [9.17, 15) is 4.79 Å². The fourth-order valence-corrected chi connectivity index (χ4v) is 5.24. The van der Waals surface area contributed by atoms with Crippen LogP contribution in [0.4, 0.5) is 0 Å². The van der Waals surface area contributed by atoms with Crippen LogP contribution >= 0.6 is 0 Å². The van der Waals surface area contributed by atoms with Crippen LogP contribution in [0.25, 0.3) is 0 Å². The van der Waals surface area contributed by atoms with Crippen LogP contribution in [0.1, 0.15) is 59.3 Å². The van der Waals surface area contributed by atoms with E-state index in [1.54, 1.807) is 0 Å². The van der Waals surface area contributed by atoms with Crippen molar-refractivity contribution in [1.82, 2.24) is 0 Å². The number of hydrogen-bond donors (Lipinski definition) is 0. The van der Waals surface area contributed by atoms with Crippen LogP contribution in [0.3, 0.4) is 0 Å². The number of hydrogen-bond acceptors (Lipinski definition) is 3. The van der Waals surface area contributed by atoms with Crippen molar-refractivity contribution in [3.63, 3.8) is 0 Å². The number of carbonyl (C=O) groups excluding carboxylic acids is 1. The molecule has 2 unspecified atom stereocenters. The predicted molar refractivity (Wildman–Crippen MR) is 77.3 cm³/mol. The summed E-state index contributed by atoms with van der Waals surface area (Å²) in [6.45, 7) is 9.89. The molecular formula is C17H26O3. The average molecular weight is 278 g/mol. The van der Waals surface area contributed by atoms with Crippen molar-refractivity contribution in [3.8, 4) is 0 Å². The third-order valence-corrected chi connectivity index (χ3v) is 4.96. The summed E-state index contributed by atoms with van der Waals surface area (Å²) < 4.78 is 12.3. The zero-order valence-corrected chi connectivity index (χ0v) is 12.9. The minimum atomic E-state index is -0.291. The van der Waals surface area contributed by atoms with Crippen LogP contribution in [0.15, 0.2) is 12.7 Å². The Kier molecular flexibility index (Phi) is 3.06. The van der Waals surface area contributed by atoms with Crippen molar-refractivity contribution < 1.29 is 14.3 Å². The van der Waals surface area contributed by atoms with Gasteiger partial charge in [-0.3, -0.25) is 0 Å². The summed E-state index contributed by atoms with van der Waals surface area (Å²) in [6.07, 6.45) is 7.72. The zero-order chi connectivity index (χ0) is 14.6. The van der Waals surface area contributed by atoms with E-state index in [-0.39, 0.29) is 22.8 Å². The summed E-state index contributed by atoms with van der Waals surface area (Å²) in [5.74, 6) is 1.02. The fraction of sp³-hybridized carbons (Fsp3) is 0.824. The Morgan fingerprint density at radius 3 is 2.20 bits per heavy atom. The van der Waals surface area contributed by atoms with E-state index in [1.807, 2.05) is 0 Å². The van der Waals surface area contributed by atoms with Crippen LogP contribution in [-0.2, 0) is 14.3 Å². The van der Waals surface area contributed by atoms with Crippen molar-refractivity contribution in [1.29, 1.82) is 0 Å². The fourth-order valence-electron chi connectivity index (χ4n) is 5.24. The third-order valence-electron chi connectivity index (χ3n) is 4.96. The molecule has 20 heavy (non-hydrogen) atoms. The molecule has 0 aromatic heterocycles. The molecule has 2 atom stereocenters. The van der Waals surface area contributed by atoms with Gasteiger partial charge in [0.05, 0.1) is 11.2 Å². The molecule has 4 saturated carbocycles. The van der Waals surface area contributed by atoms with Gasteiger partial charge in [0, 0.05) is 12.5 Å². The summed E-state index contributed by atoms with van der Waals surface area (Å²) >= 11 is 0. The van der Waals surface area contributed by atoms with Crippen molar-refractivity contribution in [2.75, 3.05) is 0 Å². The molecule has 0 spiro atoms. The lowest BCUT2D eigenvalue weighted by Crippen LogP contribution is -2.62. The summed E-state index contributed by atoms with van der Waals surface area (Å²) in [7, 11) is 0. The molecule has 0 aromatic carbocycles. The van der Waals surface area contributed by atoms with Gasteiger partial charge >= 0.3 is 5.97 Å². The van der Waals surface area contributed by atoms with Crippen LogP contribution in [0.2, 0.25) is 0 Å². The Bertz CT molecular complexity index is 418. The van der Waals surface area contributed by atoms with Gasteiger partial charge in [0.1, 0.15) is 5.60 Å². The minimum absolute atomic E-state index is 0.0796. The second-order valence-electron chi connectivity index (χ2n) is 8.17. The maximum Gasteiger partial charge on any atom is 0.330 e. The minimum Gasteiger partial charge on any atom is -0.456 e. The van der Waals surface area contributed by atoms with E-state index in [4.69, 9.17) is 9.47 Å². The molecule has 0 amide bonds. The predicted octanol–water partition coefficient (Wildman–Crippen LogP) is 3.62. The molecule has 3 heteroatoms. The Morgan fingerprint density at radius 2 is 1.70 bits per heavy atom. The Balaban J connectivity index is 1.85. The summed E-state index contributed by atoms with van der Waals surface area (Å²) in [5, 5.41) is 0. The molecule has 4 aliphatic rings. The normalized spacial score (nSPS) is 42.5. The lowest BCUT2D eigenvalue weighted by Gasteiger charge is -2.61. The monoisotopic (exact) mass is 278 g/mol. The van der Waals surface area contributed by atoms with Gasteiger partial charge in [-0.1, -0.05) is 6.58 Å². The molecule has 4 fully saturated rings. The first-order valence-corrected chi connectivity index (χ1v) is 7.79. The topological polar surface area (TPSA) is 35.5 Å². The average Bonchev–Trinajstić information content (AvgIpc) is 2.22. The molecule has 4 aliphatic carbocycles. The number of carbonyl (C=O) groups is 1. The molecule has 0 heterocycles. The third kappa shape index (κ3) is 2.52. The molecule has 0 aromatic rings. The van der Waals surface area contributed by atoms with Crippen LogP contribution in [0.5, 0.6) is 0 Å². The zero-order valence-electron chi connectivity index (χ0n) is 12.9. The Hall–Kier alpha value is -0.830. The Morgan fingerprint density at radius 1 is 1.15 bits per heavy atom. The van der Waals surface area contributed by atoms with Crippen molar-refractivity contribution in [2.45, 2.75) is 76.1 Å². The van der Waals surface area contributed by atoms with Crippen LogP contribution in [0, 0.1) is 11.8 Å². The smallest absolute Gasteiger partial charge is 0.330 e. The van der Waals surface area contributed by atoms with Gasteiger partial charge in [0.25, 0.3) is 0 Å². The molecule has 0 aliphatic heterocycles. The second kappa shape index (κ2) is 4.33. The van der Waals surface area contributed by atoms with Crippen molar-refractivity contribution in [3.05, 3.63) is 12.7 Å². The first kappa shape index (κ1) is 14.1. The maximum absolute atomic E-state index is 11.7. The molecule has 0 saturated heterocycles. The van der Waals surface area contributed by atoms with Gasteiger partial charge in [-0.2, -0.15) is 0 Å². The highest BCUT2D eigenvalue weighted by Crippen LogP contribution is 2.60. The van der Waals surface area contributed by atoms with E-state index >= 15 is 0 Å². The lowest BCUT2D eigenvalue weighted by molar-refractivity contribution is -0.255. The van der Waals surface area contributed by atoms with E-state index in [0.29, 0.717) is 11.8 Å². The van der Waals surface area contributed by atoms with Crippen LogP contribution in [-0.4, -0.2) is 22.8 Å². The number of ether oxygens (including phenoxy) is 2. The van der Waals surface area contributed by atoms with Gasteiger partial charge in [-0.05, 0) is 64.7 Å². The van der Waals surface area contributed by atoms with Crippen LogP contribution < -0.4 is 0 Å². The van der Waals surface area contributed by atoms with Crippen molar-refractivity contribution >= 4 is 5.97 Å². The van der Waals surface area contributed by atoms with Gasteiger partial charge in [-0.15, -0.1) is 0 Å². The van der Waals surface area contributed by atoms with Gasteiger partial charge in [0.2, 0.25) is 0 Å². The molecule has 4 rings (SSSR count). The largest absolute Gasteiger partial charge is 0.456 e. The first-order chi connectivity index (χ1) is 9.23. The molecular weight excluding hydrogens is 252 g/mol. The van der Waals surface area contributed by atoms with E-state index in [1.165, 1.54) is 12.5 Å². The second-order valence-corrected chi connectivity index (χ2v) is 8.17. The van der Waals surface area contributed by atoms with Gasteiger partial charge in [0.15, 0.2) is 0 Å². The highest BCUT2D eigenvalue weighted by Gasteiger charge is 2.60. The summed E-state index contributed by atoms with van der Waals surface area (Å²) in [5.41, 5.74) is -0.514. The lowest BCUT2D eigenvalue weighted by atomic mass is 9.52. The molecule has 3 nitrogen and oxygen atoms in total. The molecule has 0 radical (unpaired) electrons. The standard InChI is InChI=1S/C17H26O3/c1-5-14(18)19-16-7-12-6-13(8-16)10-17(9-12,11-16)20-15(2,3)4/h5,12-13H,1,6-11H2,2-4H3. The van der Waals surface area contributed by atoms with E-state index in [0.717, 1.165) is 32.1 Å². The summed E-state index contributed by atoms with van der Waals surface area (Å²) in [4.78, 5) is 11.7. The summed E-state index contributed by atoms with van der Waals surface area (Å²) in [6, 6.07) is 0. The van der Waals surface area contributed by atoms with Gasteiger partial charge in [-0.25, -0.2) is 4.79 Å². The maximum atomic E-state index is 11.7. The van der Waals surface area contributed by atoms with E-state index in [2.05, 4.69) is 27.4 Å². The highest BCUT2D eigenvalue weighted by atomic mass is 16.6. The number of rotatable bonds is 3. The Labute approximate surface area is 121 Å². The van der Waals surface area contributed by atoms with Gasteiger partial charge < -0.3 is 9.47 Å². The SMILES string of the molecule is C=CC(=O)OC12CC3CC(C1)CC(OC(C)(C)C)(C3)C2. The number of esters is 1. The quantitative estimate of drug-likeness (QED) is 0.584. The highest BCUT2D eigenvalue weighted by molar-refractivity contribution is 5.81. The molecule has 4 bridgehead atoms. The molecule has 112 valence electrons. The van der Waals surface area contributed by atoms with E-state index < -0.39 is 0 Å². The van der Waals surface area contributed by atoms with Crippen molar-refractivity contribution in [2.24, 2.45) is 11.8 Å².